The van der Waals surface area contributed by atoms with E-state index in [0.29, 0.717) is 20.3 Å². The first-order valence-corrected chi connectivity index (χ1v) is 11.5. The maximum atomic E-state index is 13.7. The van der Waals surface area contributed by atoms with E-state index in [0.717, 1.165) is 23.7 Å². The Morgan fingerprint density at radius 1 is 1.15 bits per heavy atom. The van der Waals surface area contributed by atoms with E-state index in [1.165, 1.54) is 24.7 Å². The van der Waals surface area contributed by atoms with Gasteiger partial charge < -0.3 is 20.7 Å². The molecule has 0 saturated heterocycles. The summed E-state index contributed by atoms with van der Waals surface area (Å²) < 4.78 is 44.3. The monoisotopic (exact) mass is 571 g/mol. The van der Waals surface area contributed by atoms with Crippen molar-refractivity contribution in [2.75, 3.05) is 22.4 Å². The van der Waals surface area contributed by atoms with Crippen LogP contribution >= 0.6 is 39.5 Å². The summed E-state index contributed by atoms with van der Waals surface area (Å²) in [6.07, 6.45) is -1.73. The summed E-state index contributed by atoms with van der Waals surface area (Å²) in [6.45, 7) is 3.69. The van der Waals surface area contributed by atoms with E-state index < -0.39 is 11.7 Å². The van der Waals surface area contributed by atoms with E-state index in [-0.39, 0.29) is 17.3 Å². The van der Waals surface area contributed by atoms with Crippen molar-refractivity contribution in [2.24, 2.45) is 4.99 Å². The van der Waals surface area contributed by atoms with Crippen molar-refractivity contribution in [1.82, 2.24) is 15.3 Å². The zero-order valence-electron chi connectivity index (χ0n) is 17.5. The summed E-state index contributed by atoms with van der Waals surface area (Å²) in [6, 6.07) is 10.7. The third-order valence-electron chi connectivity index (χ3n) is 4.07. The van der Waals surface area contributed by atoms with Crippen LogP contribution in [0.1, 0.15) is 5.56 Å². The number of nitrogens with one attached hydrogen (secondary N) is 4. The molecule has 1 aromatic heterocycles. The van der Waals surface area contributed by atoms with Gasteiger partial charge in [0.15, 0.2) is 0 Å². The number of benzene rings is 2. The maximum Gasteiger partial charge on any atom is 0.418 e. The molecule has 34 heavy (non-hydrogen) atoms. The molecule has 0 saturated carbocycles. The Labute approximate surface area is 211 Å². The van der Waals surface area contributed by atoms with Crippen LogP contribution in [0.4, 0.5) is 42.0 Å². The number of hydrogen-bond acceptors (Lipinski definition) is 7. The average Bonchev–Trinajstić information content (AvgIpc) is 2.79. The number of rotatable bonds is 9. The molecule has 0 aliphatic rings. The van der Waals surface area contributed by atoms with Crippen molar-refractivity contribution >= 4 is 74.6 Å². The molecule has 3 aromatic rings. The minimum absolute atomic E-state index is 0.110. The van der Waals surface area contributed by atoms with Gasteiger partial charge in [-0.3, -0.25) is 4.99 Å². The first kappa shape index (κ1) is 25.7. The quantitative estimate of drug-likeness (QED) is 0.123. The van der Waals surface area contributed by atoms with Crippen LogP contribution in [-0.2, 0) is 6.18 Å². The van der Waals surface area contributed by atoms with Crippen molar-refractivity contribution in [3.63, 3.8) is 0 Å². The van der Waals surface area contributed by atoms with E-state index in [1.54, 1.807) is 31.3 Å². The predicted octanol–water partition coefficient (Wildman–Crippen LogP) is 7.18. The minimum atomic E-state index is -4.60. The lowest BCUT2D eigenvalue weighted by molar-refractivity contribution is -0.136. The first-order valence-electron chi connectivity index (χ1n) is 9.48. The van der Waals surface area contributed by atoms with Gasteiger partial charge in [0.1, 0.15) is 5.82 Å². The number of aromatic nitrogens is 2. The Kier molecular flexibility index (Phi) is 8.64. The lowest BCUT2D eigenvalue weighted by atomic mass is 10.1. The smallest absolute Gasteiger partial charge is 0.341 e. The summed E-state index contributed by atoms with van der Waals surface area (Å²) in [5, 5.41) is 9.60. The zero-order valence-corrected chi connectivity index (χ0v) is 20.7. The van der Waals surface area contributed by atoms with Crippen molar-refractivity contribution in [3.05, 3.63) is 75.3 Å². The average molecular weight is 573 g/mol. The highest BCUT2D eigenvalue weighted by Gasteiger charge is 2.34. The second-order valence-corrected chi connectivity index (χ2v) is 8.76. The van der Waals surface area contributed by atoms with Gasteiger partial charge in [0.25, 0.3) is 0 Å². The van der Waals surface area contributed by atoms with Crippen LogP contribution in [0.25, 0.3) is 0 Å². The Morgan fingerprint density at radius 2 is 1.85 bits per heavy atom. The largest absolute Gasteiger partial charge is 0.418 e. The van der Waals surface area contributed by atoms with E-state index in [4.69, 9.17) is 11.6 Å². The summed E-state index contributed by atoms with van der Waals surface area (Å²) >= 11 is 10.2. The van der Waals surface area contributed by atoms with Crippen LogP contribution < -0.4 is 20.7 Å². The molecular weight excluding hydrogens is 555 g/mol. The van der Waals surface area contributed by atoms with Gasteiger partial charge in [-0.15, -0.1) is 0 Å². The Balaban J connectivity index is 1.79. The molecule has 4 N–H and O–H groups in total. The van der Waals surface area contributed by atoms with Gasteiger partial charge in [0.2, 0.25) is 5.95 Å². The molecule has 0 radical (unpaired) electrons. The van der Waals surface area contributed by atoms with Crippen molar-refractivity contribution in [1.29, 1.82) is 0 Å². The molecule has 0 unspecified atom stereocenters. The Morgan fingerprint density at radius 3 is 2.53 bits per heavy atom. The molecule has 0 fully saturated rings. The van der Waals surface area contributed by atoms with Crippen molar-refractivity contribution in [3.8, 4) is 0 Å². The first-order chi connectivity index (χ1) is 16.2. The normalized spacial score (nSPS) is 11.4. The SMILES string of the molecule is C=C(NC=NC)SNc1ccc(Nc2ncc(Br)c(Nc3ccc(Cl)cc3)n2)cc1C(F)(F)F. The van der Waals surface area contributed by atoms with Gasteiger partial charge in [-0.2, -0.15) is 18.2 Å². The predicted molar refractivity (Wildman–Crippen MR) is 137 cm³/mol. The zero-order chi connectivity index (χ0) is 24.7. The third-order valence-corrected chi connectivity index (χ3v) is 5.59. The molecule has 0 atom stereocenters. The fraction of sp³-hybridized carbons (Fsp3) is 0.0952. The summed E-state index contributed by atoms with van der Waals surface area (Å²) in [7, 11) is 1.55. The van der Waals surface area contributed by atoms with Gasteiger partial charge in [0.05, 0.1) is 27.1 Å². The maximum absolute atomic E-state index is 13.7. The fourth-order valence-corrected chi connectivity index (χ4v) is 3.48. The molecule has 3 rings (SSSR count). The molecule has 0 spiro atoms. The van der Waals surface area contributed by atoms with Gasteiger partial charge in [0, 0.05) is 41.6 Å². The van der Waals surface area contributed by atoms with Crippen LogP contribution in [-0.4, -0.2) is 23.4 Å². The highest BCUT2D eigenvalue weighted by molar-refractivity contribution is 9.10. The van der Waals surface area contributed by atoms with Crippen LogP contribution in [0.3, 0.4) is 0 Å². The highest BCUT2D eigenvalue weighted by Crippen LogP contribution is 2.38. The van der Waals surface area contributed by atoms with Gasteiger partial charge in [-0.05, 0) is 58.4 Å². The number of anilines is 5. The topological polar surface area (TPSA) is 86.3 Å². The second-order valence-electron chi connectivity index (χ2n) is 6.56. The standard InChI is InChI=1S/C21H18BrClF3N7S/c1-12(29-11-27-2)34-33-18-8-7-15(9-16(18)21(24,25)26)31-20-28-10-17(22)19(32-20)30-14-5-3-13(23)4-6-14/h3-11,33H,1H2,2H3,(H,27,29)(H2,28,30,31,32). The van der Waals surface area contributed by atoms with Gasteiger partial charge in [-0.25, -0.2) is 4.98 Å². The van der Waals surface area contributed by atoms with Crippen LogP contribution in [0, 0.1) is 0 Å². The van der Waals surface area contributed by atoms with Crippen LogP contribution in [0.5, 0.6) is 0 Å². The Hall–Kier alpha value is -2.96. The molecule has 0 bridgehead atoms. The van der Waals surface area contributed by atoms with Crippen LogP contribution in [0.2, 0.25) is 5.02 Å². The molecule has 0 amide bonds. The summed E-state index contributed by atoms with van der Waals surface area (Å²) in [5.41, 5.74) is -0.0964. The fourth-order valence-electron chi connectivity index (χ4n) is 2.54. The third kappa shape index (κ3) is 7.27. The molecule has 7 nitrogen and oxygen atoms in total. The highest BCUT2D eigenvalue weighted by atomic mass is 79.9. The molecule has 0 aliphatic heterocycles. The van der Waals surface area contributed by atoms with E-state index in [1.807, 2.05) is 0 Å². The molecule has 0 aliphatic carbocycles. The molecule has 1 heterocycles. The molecule has 2 aromatic carbocycles. The number of halogens is 5. The summed E-state index contributed by atoms with van der Waals surface area (Å²) in [5.74, 6) is 0.534. The minimum Gasteiger partial charge on any atom is -0.341 e. The number of nitrogens with zero attached hydrogens (tertiary/aromatic N) is 3. The van der Waals surface area contributed by atoms with Crippen molar-refractivity contribution < 1.29 is 13.2 Å². The molecule has 178 valence electrons. The van der Waals surface area contributed by atoms with E-state index in [9.17, 15) is 13.2 Å². The second kappa shape index (κ2) is 11.4. The van der Waals surface area contributed by atoms with Gasteiger partial charge in [-0.1, -0.05) is 18.2 Å². The number of aliphatic imine (C=N–C) groups is 1. The van der Waals surface area contributed by atoms with E-state index in [2.05, 4.69) is 58.1 Å². The van der Waals surface area contributed by atoms with E-state index >= 15 is 0 Å². The molecular formula is C21H18BrClF3N7S. The van der Waals surface area contributed by atoms with Crippen LogP contribution in [0.15, 0.2) is 69.7 Å². The van der Waals surface area contributed by atoms with Crippen molar-refractivity contribution in [2.45, 2.75) is 6.18 Å². The lowest BCUT2D eigenvalue weighted by Gasteiger charge is -2.16. The Bertz CT molecular complexity index is 1190. The molecule has 13 heteroatoms. The number of alkyl halides is 3. The summed E-state index contributed by atoms with van der Waals surface area (Å²) in [4.78, 5) is 12.2. The lowest BCUT2D eigenvalue weighted by Crippen LogP contribution is -2.11. The van der Waals surface area contributed by atoms with Gasteiger partial charge >= 0.3 is 6.18 Å². The number of hydrogen-bond donors (Lipinski definition) is 4.